The molecular formula is C15H17ClN2. The van der Waals surface area contributed by atoms with E-state index in [1.54, 1.807) is 12.4 Å². The van der Waals surface area contributed by atoms with Crippen molar-refractivity contribution < 1.29 is 0 Å². The van der Waals surface area contributed by atoms with Crippen molar-refractivity contribution in [3.8, 4) is 0 Å². The smallest absolute Gasteiger partial charge is 0.0622 e. The molecule has 0 spiro atoms. The van der Waals surface area contributed by atoms with Crippen molar-refractivity contribution in [2.45, 2.75) is 26.3 Å². The van der Waals surface area contributed by atoms with Gasteiger partial charge >= 0.3 is 0 Å². The third-order valence-electron chi connectivity index (χ3n) is 3.13. The van der Waals surface area contributed by atoms with Crippen LogP contribution in [0.1, 0.15) is 28.3 Å². The molecule has 3 heteroatoms. The largest absolute Gasteiger partial charge is 0.324 e. The molecule has 2 nitrogen and oxygen atoms in total. The second kappa shape index (κ2) is 5.51. The summed E-state index contributed by atoms with van der Waals surface area (Å²) in [7, 11) is 0. The Hall–Kier alpha value is -1.38. The summed E-state index contributed by atoms with van der Waals surface area (Å²) in [5, 5.41) is 0.679. The highest BCUT2D eigenvalue weighted by atomic mass is 35.5. The van der Waals surface area contributed by atoms with Crippen molar-refractivity contribution in [3.63, 3.8) is 0 Å². The van der Waals surface area contributed by atoms with Gasteiger partial charge in [-0.2, -0.15) is 0 Å². The van der Waals surface area contributed by atoms with Crippen LogP contribution in [0.2, 0.25) is 5.02 Å². The molecule has 0 bridgehead atoms. The monoisotopic (exact) mass is 260 g/mol. The Labute approximate surface area is 113 Å². The third kappa shape index (κ3) is 2.89. The zero-order valence-corrected chi connectivity index (χ0v) is 11.4. The molecule has 0 aliphatic rings. The van der Waals surface area contributed by atoms with Crippen LogP contribution in [0.4, 0.5) is 0 Å². The van der Waals surface area contributed by atoms with Gasteiger partial charge in [-0.25, -0.2) is 0 Å². The highest BCUT2D eigenvalue weighted by molar-refractivity contribution is 6.31. The Morgan fingerprint density at radius 1 is 1.28 bits per heavy atom. The highest BCUT2D eigenvalue weighted by Gasteiger charge is 2.11. The molecule has 0 amide bonds. The zero-order valence-electron chi connectivity index (χ0n) is 10.7. The zero-order chi connectivity index (χ0) is 13.1. The Morgan fingerprint density at radius 3 is 2.78 bits per heavy atom. The highest BCUT2D eigenvalue weighted by Crippen LogP contribution is 2.24. The van der Waals surface area contributed by atoms with Crippen molar-refractivity contribution >= 4 is 11.6 Å². The van der Waals surface area contributed by atoms with E-state index in [1.165, 1.54) is 16.7 Å². The maximum Gasteiger partial charge on any atom is 0.0622 e. The first-order valence-corrected chi connectivity index (χ1v) is 6.37. The van der Waals surface area contributed by atoms with Gasteiger partial charge in [0.25, 0.3) is 0 Å². The van der Waals surface area contributed by atoms with Gasteiger partial charge in [-0.05, 0) is 43.0 Å². The van der Waals surface area contributed by atoms with E-state index < -0.39 is 0 Å². The summed E-state index contributed by atoms with van der Waals surface area (Å²) in [5.74, 6) is 0. The van der Waals surface area contributed by atoms with E-state index in [2.05, 4.69) is 37.0 Å². The van der Waals surface area contributed by atoms with Crippen molar-refractivity contribution in [1.82, 2.24) is 4.98 Å². The molecule has 1 heterocycles. The summed E-state index contributed by atoms with van der Waals surface area (Å²) < 4.78 is 0. The van der Waals surface area contributed by atoms with Crippen LogP contribution in [0.3, 0.4) is 0 Å². The summed E-state index contributed by atoms with van der Waals surface area (Å²) in [4.78, 5) is 3.98. The molecule has 0 radical (unpaired) electrons. The summed E-state index contributed by atoms with van der Waals surface area (Å²) >= 11 is 6.11. The van der Waals surface area contributed by atoms with E-state index >= 15 is 0 Å². The van der Waals surface area contributed by atoms with Crippen LogP contribution >= 0.6 is 11.6 Å². The average molecular weight is 261 g/mol. The number of rotatable bonds is 3. The molecule has 1 aromatic heterocycles. The van der Waals surface area contributed by atoms with Crippen molar-refractivity contribution in [1.29, 1.82) is 0 Å². The molecule has 0 aliphatic carbocycles. The van der Waals surface area contributed by atoms with Gasteiger partial charge < -0.3 is 5.73 Å². The molecule has 0 fully saturated rings. The van der Waals surface area contributed by atoms with E-state index in [1.807, 2.05) is 6.07 Å². The van der Waals surface area contributed by atoms with E-state index in [0.717, 1.165) is 12.0 Å². The van der Waals surface area contributed by atoms with E-state index in [0.29, 0.717) is 5.02 Å². The van der Waals surface area contributed by atoms with Gasteiger partial charge in [-0.15, -0.1) is 0 Å². The molecule has 2 aromatic rings. The van der Waals surface area contributed by atoms with Crippen LogP contribution in [-0.2, 0) is 6.42 Å². The molecule has 0 saturated heterocycles. The van der Waals surface area contributed by atoms with Crippen molar-refractivity contribution in [3.05, 3.63) is 63.9 Å². The van der Waals surface area contributed by atoms with Gasteiger partial charge in [0.1, 0.15) is 0 Å². The summed E-state index contributed by atoms with van der Waals surface area (Å²) in [5.41, 5.74) is 11.0. The number of benzene rings is 1. The lowest BCUT2D eigenvalue weighted by Crippen LogP contribution is -2.15. The second-order valence-corrected chi connectivity index (χ2v) is 5.04. The number of hydrogen-bond donors (Lipinski definition) is 1. The maximum atomic E-state index is 6.29. The first-order chi connectivity index (χ1) is 8.58. The van der Waals surface area contributed by atoms with Crippen molar-refractivity contribution in [2.75, 3.05) is 0 Å². The SMILES string of the molecule is Cc1ccc(C)c(C(N)Cc2ccncc2Cl)c1. The lowest BCUT2D eigenvalue weighted by atomic mass is 9.95. The first kappa shape index (κ1) is 13.1. The Bertz CT molecular complexity index is 552. The first-order valence-electron chi connectivity index (χ1n) is 5.99. The molecule has 18 heavy (non-hydrogen) atoms. The fraction of sp³-hybridized carbons (Fsp3) is 0.267. The summed E-state index contributed by atoms with van der Waals surface area (Å²) in [6.45, 7) is 4.16. The topological polar surface area (TPSA) is 38.9 Å². The normalized spacial score (nSPS) is 12.4. The standard InChI is InChI=1S/C15H17ClN2/c1-10-3-4-11(2)13(7-10)15(17)8-12-5-6-18-9-14(12)16/h3-7,9,15H,8,17H2,1-2H3. The van der Waals surface area contributed by atoms with E-state index in [4.69, 9.17) is 17.3 Å². The Morgan fingerprint density at radius 2 is 2.06 bits per heavy atom. The minimum atomic E-state index is -0.0372. The second-order valence-electron chi connectivity index (χ2n) is 4.64. The third-order valence-corrected chi connectivity index (χ3v) is 3.47. The average Bonchev–Trinajstić information content (AvgIpc) is 2.35. The number of pyridine rings is 1. The molecule has 1 unspecified atom stereocenters. The van der Waals surface area contributed by atoms with E-state index in [-0.39, 0.29) is 6.04 Å². The number of aromatic nitrogens is 1. The molecule has 0 saturated carbocycles. The fourth-order valence-corrected chi connectivity index (χ4v) is 2.27. The maximum absolute atomic E-state index is 6.29. The summed E-state index contributed by atoms with van der Waals surface area (Å²) in [6, 6.07) is 8.25. The van der Waals surface area contributed by atoms with Crippen LogP contribution in [-0.4, -0.2) is 4.98 Å². The number of halogens is 1. The van der Waals surface area contributed by atoms with Gasteiger partial charge in [0.2, 0.25) is 0 Å². The van der Waals surface area contributed by atoms with Crippen LogP contribution in [0.5, 0.6) is 0 Å². The quantitative estimate of drug-likeness (QED) is 0.916. The fourth-order valence-electron chi connectivity index (χ4n) is 2.08. The number of nitrogens with zero attached hydrogens (tertiary/aromatic N) is 1. The predicted molar refractivity (Wildman–Crippen MR) is 75.8 cm³/mol. The lowest BCUT2D eigenvalue weighted by molar-refractivity contribution is 0.715. The van der Waals surface area contributed by atoms with Crippen LogP contribution in [0.15, 0.2) is 36.7 Å². The van der Waals surface area contributed by atoms with Crippen molar-refractivity contribution in [2.24, 2.45) is 5.73 Å². The molecule has 0 aliphatic heterocycles. The molecular weight excluding hydrogens is 244 g/mol. The van der Waals surface area contributed by atoms with Gasteiger partial charge in [-0.3, -0.25) is 4.98 Å². The molecule has 1 atom stereocenters. The summed E-state index contributed by atoms with van der Waals surface area (Å²) in [6.07, 6.45) is 4.13. The van der Waals surface area contributed by atoms with Gasteiger partial charge in [0.05, 0.1) is 5.02 Å². The predicted octanol–water partition coefficient (Wildman–Crippen LogP) is 3.59. The number of nitrogens with two attached hydrogens (primary N) is 1. The minimum absolute atomic E-state index is 0.0372. The molecule has 2 rings (SSSR count). The number of hydrogen-bond acceptors (Lipinski definition) is 2. The van der Waals surface area contributed by atoms with Gasteiger partial charge in [0.15, 0.2) is 0 Å². The number of aryl methyl sites for hydroxylation is 2. The Balaban J connectivity index is 2.25. The lowest BCUT2D eigenvalue weighted by Gasteiger charge is -2.16. The van der Waals surface area contributed by atoms with Gasteiger partial charge in [-0.1, -0.05) is 35.4 Å². The van der Waals surface area contributed by atoms with Crippen LogP contribution in [0.25, 0.3) is 0 Å². The Kier molecular flexibility index (Phi) is 4.00. The van der Waals surface area contributed by atoms with E-state index in [9.17, 15) is 0 Å². The molecule has 94 valence electrons. The minimum Gasteiger partial charge on any atom is -0.324 e. The van der Waals surface area contributed by atoms with Gasteiger partial charge in [0, 0.05) is 18.4 Å². The molecule has 1 aromatic carbocycles. The molecule has 2 N–H and O–H groups in total. The van der Waals surface area contributed by atoms with Crippen LogP contribution < -0.4 is 5.73 Å². The van der Waals surface area contributed by atoms with Crippen LogP contribution in [0, 0.1) is 13.8 Å².